The highest BCUT2D eigenvalue weighted by Crippen LogP contribution is 2.34. The number of aliphatic hydroxyl groups is 1. The summed E-state index contributed by atoms with van der Waals surface area (Å²) in [5.74, 6) is 0. The fourth-order valence-electron chi connectivity index (χ4n) is 1.31. The van der Waals surface area contributed by atoms with Crippen LogP contribution < -0.4 is 5.32 Å². The van der Waals surface area contributed by atoms with Crippen LogP contribution in [0.4, 0.5) is 11.4 Å². The highest BCUT2D eigenvalue weighted by molar-refractivity contribution is 6.32. The van der Waals surface area contributed by atoms with Crippen LogP contribution in [-0.2, 0) is 0 Å². The maximum atomic E-state index is 10.8. The van der Waals surface area contributed by atoms with Gasteiger partial charge in [-0.3, -0.25) is 10.1 Å². The van der Waals surface area contributed by atoms with Crippen molar-refractivity contribution in [3.05, 3.63) is 26.5 Å². The number of hydrogen-bond acceptors (Lipinski definition) is 5. The lowest BCUT2D eigenvalue weighted by molar-refractivity contribution is -0.384. The summed E-state index contributed by atoms with van der Waals surface area (Å²) >= 11 is 5.73. The third-order valence-corrected chi connectivity index (χ3v) is 2.48. The van der Waals surface area contributed by atoms with Crippen LogP contribution in [0, 0.1) is 24.0 Å². The molecule has 0 saturated heterocycles. The van der Waals surface area contributed by atoms with Gasteiger partial charge in [0.1, 0.15) is 5.69 Å². The van der Waals surface area contributed by atoms with Crippen molar-refractivity contribution >= 4 is 23.0 Å². The van der Waals surface area contributed by atoms with Crippen molar-refractivity contribution in [3.63, 3.8) is 0 Å². The van der Waals surface area contributed by atoms with Gasteiger partial charge in [0.15, 0.2) is 0 Å². The predicted molar refractivity (Wildman–Crippen MR) is 61.0 cm³/mol. The second-order valence-corrected chi connectivity index (χ2v) is 3.60. The van der Waals surface area contributed by atoms with Gasteiger partial charge in [-0.05, 0) is 13.8 Å². The minimum Gasteiger partial charge on any atom is -0.395 e. The minimum atomic E-state index is -0.582. The molecule has 1 aromatic rings. The molecule has 1 heterocycles. The maximum Gasteiger partial charge on any atom is 0.329 e. The number of aromatic nitrogens is 1. The van der Waals surface area contributed by atoms with Crippen molar-refractivity contribution in [1.29, 1.82) is 0 Å². The second-order valence-electron chi connectivity index (χ2n) is 3.24. The molecule has 1 rings (SSSR count). The van der Waals surface area contributed by atoms with E-state index in [1.165, 1.54) is 0 Å². The molecule has 2 N–H and O–H groups in total. The summed E-state index contributed by atoms with van der Waals surface area (Å²) in [6.45, 7) is 3.54. The van der Waals surface area contributed by atoms with Crippen LogP contribution in [-0.4, -0.2) is 28.2 Å². The molecule has 88 valence electrons. The molecule has 0 spiro atoms. The zero-order valence-electron chi connectivity index (χ0n) is 8.95. The summed E-state index contributed by atoms with van der Waals surface area (Å²) in [5, 5.41) is 22.2. The number of hydrogen-bond donors (Lipinski definition) is 2. The van der Waals surface area contributed by atoms with E-state index < -0.39 is 4.92 Å². The van der Waals surface area contributed by atoms with Crippen molar-refractivity contribution in [2.24, 2.45) is 0 Å². The van der Waals surface area contributed by atoms with Crippen LogP contribution in [0.1, 0.15) is 11.3 Å². The summed E-state index contributed by atoms with van der Waals surface area (Å²) in [6.07, 6.45) is 0. The van der Waals surface area contributed by atoms with E-state index in [0.29, 0.717) is 16.9 Å². The molecule has 6 nitrogen and oxygen atoms in total. The zero-order valence-corrected chi connectivity index (χ0v) is 9.71. The maximum absolute atomic E-state index is 10.8. The van der Waals surface area contributed by atoms with E-state index in [-0.39, 0.29) is 24.0 Å². The first-order chi connectivity index (χ1) is 7.49. The molecule has 16 heavy (non-hydrogen) atoms. The summed E-state index contributed by atoms with van der Waals surface area (Å²) < 4.78 is 0. The van der Waals surface area contributed by atoms with Gasteiger partial charge in [-0.15, -0.1) is 0 Å². The van der Waals surface area contributed by atoms with Gasteiger partial charge >= 0.3 is 5.69 Å². The van der Waals surface area contributed by atoms with Crippen LogP contribution >= 0.6 is 11.6 Å². The Bertz CT molecular complexity index is 423. The zero-order chi connectivity index (χ0) is 12.3. The Morgan fingerprint density at radius 2 is 2.19 bits per heavy atom. The van der Waals surface area contributed by atoms with E-state index >= 15 is 0 Å². The van der Waals surface area contributed by atoms with Gasteiger partial charge in [0.25, 0.3) is 0 Å². The second kappa shape index (κ2) is 5.09. The number of halogens is 1. The van der Waals surface area contributed by atoms with E-state index in [2.05, 4.69) is 10.3 Å². The molecular weight excluding hydrogens is 234 g/mol. The molecular formula is C9H12ClN3O3. The third kappa shape index (κ3) is 2.40. The number of nitro groups is 1. The first-order valence-electron chi connectivity index (χ1n) is 4.64. The van der Waals surface area contributed by atoms with E-state index in [4.69, 9.17) is 16.7 Å². The summed E-state index contributed by atoms with van der Waals surface area (Å²) in [6, 6.07) is 0. The Morgan fingerprint density at radius 1 is 1.56 bits per heavy atom. The number of aryl methyl sites for hydroxylation is 1. The number of nitrogens with zero attached hydrogens (tertiary/aromatic N) is 2. The molecule has 0 atom stereocenters. The van der Waals surface area contributed by atoms with Gasteiger partial charge in [-0.2, -0.15) is 0 Å². The smallest absolute Gasteiger partial charge is 0.329 e. The number of aliphatic hydroxyl groups excluding tert-OH is 1. The molecule has 0 saturated carbocycles. The van der Waals surface area contributed by atoms with Crippen LogP contribution in [0.15, 0.2) is 0 Å². The first kappa shape index (κ1) is 12.7. The third-order valence-electron chi connectivity index (χ3n) is 2.21. The van der Waals surface area contributed by atoms with Crippen molar-refractivity contribution in [3.8, 4) is 0 Å². The topological polar surface area (TPSA) is 88.3 Å². The Morgan fingerprint density at radius 3 is 2.69 bits per heavy atom. The Kier molecular flexibility index (Phi) is 4.03. The first-order valence-corrected chi connectivity index (χ1v) is 5.02. The van der Waals surface area contributed by atoms with Crippen molar-refractivity contribution < 1.29 is 10.0 Å². The molecule has 0 aromatic carbocycles. The largest absolute Gasteiger partial charge is 0.395 e. The van der Waals surface area contributed by atoms with Crippen LogP contribution in [0.5, 0.6) is 0 Å². The molecule has 0 unspecified atom stereocenters. The molecule has 0 fully saturated rings. The molecule has 7 heteroatoms. The van der Waals surface area contributed by atoms with Crippen molar-refractivity contribution in [1.82, 2.24) is 4.98 Å². The lowest BCUT2D eigenvalue weighted by atomic mass is 10.1. The Balaban J connectivity index is 3.33. The summed E-state index contributed by atoms with van der Waals surface area (Å²) in [5.41, 5.74) is 1.34. The van der Waals surface area contributed by atoms with Gasteiger partial charge in [0.2, 0.25) is 5.15 Å². The summed E-state index contributed by atoms with van der Waals surface area (Å²) in [4.78, 5) is 14.2. The number of anilines is 1. The fraction of sp³-hybridized carbons (Fsp3) is 0.444. The van der Waals surface area contributed by atoms with E-state index in [9.17, 15) is 10.1 Å². The van der Waals surface area contributed by atoms with E-state index in [1.807, 2.05) is 0 Å². The van der Waals surface area contributed by atoms with Gasteiger partial charge < -0.3 is 10.4 Å². The van der Waals surface area contributed by atoms with Gasteiger partial charge in [0.05, 0.1) is 11.5 Å². The molecule has 0 bridgehead atoms. The molecule has 1 aromatic heterocycles. The van der Waals surface area contributed by atoms with Gasteiger partial charge in [0, 0.05) is 17.8 Å². The van der Waals surface area contributed by atoms with Gasteiger partial charge in [-0.25, -0.2) is 4.98 Å². The standard InChI is InChI=1S/C9H12ClN3O3/c1-5-6(2)12-9(10)8(13(15)16)7(5)11-3-4-14/h14H,3-4H2,1-2H3,(H,11,12). The molecule has 0 aliphatic heterocycles. The van der Waals surface area contributed by atoms with Crippen molar-refractivity contribution in [2.45, 2.75) is 13.8 Å². The highest BCUT2D eigenvalue weighted by atomic mass is 35.5. The lowest BCUT2D eigenvalue weighted by Gasteiger charge is -2.11. The molecule has 0 radical (unpaired) electrons. The van der Waals surface area contributed by atoms with Crippen LogP contribution in [0.25, 0.3) is 0 Å². The average Bonchev–Trinajstić information content (AvgIpc) is 2.20. The molecule has 0 aliphatic carbocycles. The molecule has 0 amide bonds. The Hall–Kier alpha value is -1.40. The van der Waals surface area contributed by atoms with Crippen LogP contribution in [0.3, 0.4) is 0 Å². The minimum absolute atomic E-state index is 0.115. The fourth-order valence-corrected chi connectivity index (χ4v) is 1.60. The van der Waals surface area contributed by atoms with E-state index in [0.717, 1.165) is 0 Å². The van der Waals surface area contributed by atoms with E-state index in [1.54, 1.807) is 13.8 Å². The SMILES string of the molecule is Cc1nc(Cl)c([N+](=O)[O-])c(NCCO)c1C. The number of rotatable bonds is 4. The Labute approximate surface area is 97.4 Å². The number of nitrogens with one attached hydrogen (secondary N) is 1. The normalized spacial score (nSPS) is 10.2. The van der Waals surface area contributed by atoms with Crippen LogP contribution in [0.2, 0.25) is 5.15 Å². The lowest BCUT2D eigenvalue weighted by Crippen LogP contribution is -2.10. The average molecular weight is 246 g/mol. The monoisotopic (exact) mass is 245 g/mol. The number of pyridine rings is 1. The molecule has 0 aliphatic rings. The summed E-state index contributed by atoms with van der Waals surface area (Å²) in [7, 11) is 0. The van der Waals surface area contributed by atoms with Crippen molar-refractivity contribution in [2.75, 3.05) is 18.5 Å². The predicted octanol–water partition coefficient (Wildman–Crippen LogP) is 1.66. The highest BCUT2D eigenvalue weighted by Gasteiger charge is 2.23. The quantitative estimate of drug-likeness (QED) is 0.479. The van der Waals surface area contributed by atoms with Gasteiger partial charge in [-0.1, -0.05) is 11.6 Å².